The van der Waals surface area contributed by atoms with E-state index in [1.807, 2.05) is 6.07 Å². The molecule has 0 aliphatic heterocycles. The molecular formula is C17H13N3O4. The van der Waals surface area contributed by atoms with Gasteiger partial charge in [-0.1, -0.05) is 12.1 Å². The molecule has 0 bridgehead atoms. The van der Waals surface area contributed by atoms with E-state index < -0.39 is 11.9 Å². The van der Waals surface area contributed by atoms with Crippen molar-refractivity contribution in [1.82, 2.24) is 5.43 Å². The average molecular weight is 323 g/mol. The number of hydrazone groups is 1. The van der Waals surface area contributed by atoms with Crippen LogP contribution in [0.1, 0.15) is 21.5 Å². The van der Waals surface area contributed by atoms with Gasteiger partial charge < -0.3 is 9.84 Å². The van der Waals surface area contributed by atoms with E-state index in [4.69, 9.17) is 15.1 Å². The van der Waals surface area contributed by atoms with E-state index in [9.17, 15) is 9.59 Å². The molecule has 0 spiro atoms. The summed E-state index contributed by atoms with van der Waals surface area (Å²) < 4.78 is 5.25. The second-order valence-corrected chi connectivity index (χ2v) is 4.65. The predicted octanol–water partition coefficient (Wildman–Crippen LogP) is 1.79. The molecule has 1 amide bonds. The van der Waals surface area contributed by atoms with Gasteiger partial charge in [0.25, 0.3) is 5.91 Å². The fourth-order valence-corrected chi connectivity index (χ4v) is 1.70. The van der Waals surface area contributed by atoms with E-state index in [0.717, 1.165) is 0 Å². The van der Waals surface area contributed by atoms with Gasteiger partial charge in [0.15, 0.2) is 6.61 Å². The SMILES string of the molecule is N#Cc1ccc(OCC(=O)N/N=C\c2ccc(C(=O)O)cc2)cc1. The van der Waals surface area contributed by atoms with E-state index in [0.29, 0.717) is 16.9 Å². The molecular weight excluding hydrogens is 310 g/mol. The number of amides is 1. The molecule has 0 unspecified atom stereocenters. The normalized spacial score (nSPS) is 10.1. The summed E-state index contributed by atoms with van der Waals surface area (Å²) in [4.78, 5) is 22.3. The van der Waals surface area contributed by atoms with Crippen LogP contribution in [0.2, 0.25) is 0 Å². The Morgan fingerprint density at radius 3 is 2.42 bits per heavy atom. The van der Waals surface area contributed by atoms with Gasteiger partial charge in [-0.05, 0) is 42.0 Å². The molecule has 24 heavy (non-hydrogen) atoms. The lowest BCUT2D eigenvalue weighted by atomic mass is 10.1. The maximum Gasteiger partial charge on any atom is 0.335 e. The van der Waals surface area contributed by atoms with Crippen molar-refractivity contribution in [3.8, 4) is 11.8 Å². The predicted molar refractivity (Wildman–Crippen MR) is 85.8 cm³/mol. The highest BCUT2D eigenvalue weighted by atomic mass is 16.5. The topological polar surface area (TPSA) is 112 Å². The van der Waals surface area contributed by atoms with Gasteiger partial charge in [0.1, 0.15) is 5.75 Å². The third kappa shape index (κ3) is 4.96. The molecule has 2 aromatic carbocycles. The third-order valence-corrected chi connectivity index (χ3v) is 2.91. The molecule has 2 aromatic rings. The van der Waals surface area contributed by atoms with E-state index in [1.165, 1.54) is 18.3 Å². The van der Waals surface area contributed by atoms with E-state index in [-0.39, 0.29) is 12.2 Å². The van der Waals surface area contributed by atoms with Crippen molar-refractivity contribution in [3.63, 3.8) is 0 Å². The lowest BCUT2D eigenvalue weighted by Crippen LogP contribution is -2.24. The van der Waals surface area contributed by atoms with Gasteiger partial charge >= 0.3 is 5.97 Å². The number of carboxylic acids is 1. The maximum absolute atomic E-state index is 11.6. The summed E-state index contributed by atoms with van der Waals surface area (Å²) in [6, 6.07) is 14.4. The fourth-order valence-electron chi connectivity index (χ4n) is 1.70. The molecule has 0 aliphatic rings. The van der Waals surface area contributed by atoms with Crippen LogP contribution in [0.4, 0.5) is 0 Å². The first-order chi connectivity index (χ1) is 11.6. The molecule has 120 valence electrons. The van der Waals surface area contributed by atoms with Gasteiger partial charge in [0.2, 0.25) is 0 Å². The van der Waals surface area contributed by atoms with E-state index >= 15 is 0 Å². The summed E-state index contributed by atoms with van der Waals surface area (Å²) in [6.07, 6.45) is 1.39. The number of rotatable bonds is 6. The minimum absolute atomic E-state index is 0.173. The van der Waals surface area contributed by atoms with Crippen molar-refractivity contribution >= 4 is 18.1 Å². The largest absolute Gasteiger partial charge is 0.484 e. The Kier molecular flexibility index (Phi) is 5.64. The summed E-state index contributed by atoms with van der Waals surface area (Å²) in [7, 11) is 0. The monoisotopic (exact) mass is 323 g/mol. The van der Waals surface area contributed by atoms with Crippen molar-refractivity contribution in [2.24, 2.45) is 5.10 Å². The van der Waals surface area contributed by atoms with Crippen LogP contribution < -0.4 is 10.2 Å². The molecule has 7 nitrogen and oxygen atoms in total. The number of nitriles is 1. The van der Waals surface area contributed by atoms with E-state index in [1.54, 1.807) is 36.4 Å². The van der Waals surface area contributed by atoms with Crippen LogP contribution in [0.5, 0.6) is 5.75 Å². The molecule has 0 heterocycles. The number of nitrogens with one attached hydrogen (secondary N) is 1. The van der Waals surface area contributed by atoms with Crippen molar-refractivity contribution in [2.45, 2.75) is 0 Å². The number of hydrogen-bond acceptors (Lipinski definition) is 5. The first-order valence-electron chi connectivity index (χ1n) is 6.87. The lowest BCUT2D eigenvalue weighted by molar-refractivity contribution is -0.123. The van der Waals surface area contributed by atoms with Crippen LogP contribution >= 0.6 is 0 Å². The highest BCUT2D eigenvalue weighted by Crippen LogP contribution is 2.11. The summed E-state index contributed by atoms with van der Waals surface area (Å²) in [5.41, 5.74) is 3.62. The molecule has 0 atom stereocenters. The Labute approximate surface area is 137 Å². The Hall–Kier alpha value is -3.66. The van der Waals surface area contributed by atoms with E-state index in [2.05, 4.69) is 10.5 Å². The van der Waals surface area contributed by atoms with Gasteiger partial charge in [0, 0.05) is 0 Å². The number of carbonyl (C=O) groups excluding carboxylic acids is 1. The van der Waals surface area contributed by atoms with Gasteiger partial charge in [-0.15, -0.1) is 0 Å². The number of ether oxygens (including phenoxy) is 1. The Bertz CT molecular complexity index is 790. The zero-order valence-corrected chi connectivity index (χ0v) is 12.5. The molecule has 0 fully saturated rings. The molecule has 0 radical (unpaired) electrons. The first-order valence-corrected chi connectivity index (χ1v) is 6.87. The minimum atomic E-state index is -1.01. The number of carboxylic acid groups (broad SMARTS) is 1. The quantitative estimate of drug-likeness (QED) is 0.621. The first kappa shape index (κ1) is 16.7. The summed E-state index contributed by atoms with van der Waals surface area (Å²) in [5.74, 6) is -0.984. The smallest absolute Gasteiger partial charge is 0.335 e. The van der Waals surface area contributed by atoms with Crippen LogP contribution in [0.15, 0.2) is 53.6 Å². The van der Waals surface area contributed by atoms with Crippen LogP contribution in [0.3, 0.4) is 0 Å². The summed E-state index contributed by atoms with van der Waals surface area (Å²) in [5, 5.41) is 21.2. The minimum Gasteiger partial charge on any atom is -0.484 e. The maximum atomic E-state index is 11.6. The van der Waals surface area contributed by atoms with Crippen molar-refractivity contribution < 1.29 is 19.4 Å². The molecule has 0 saturated carbocycles. The standard InChI is InChI=1S/C17H13N3O4/c18-9-12-3-7-15(8-4-12)24-11-16(21)20-19-10-13-1-5-14(6-2-13)17(22)23/h1-8,10H,11H2,(H,20,21)(H,22,23)/b19-10-. The van der Waals surface area contributed by atoms with Crippen LogP contribution in [0, 0.1) is 11.3 Å². The second-order valence-electron chi connectivity index (χ2n) is 4.65. The molecule has 7 heteroatoms. The van der Waals surface area contributed by atoms with Gasteiger partial charge in [-0.3, -0.25) is 4.79 Å². The van der Waals surface area contributed by atoms with Gasteiger partial charge in [0.05, 0.1) is 23.4 Å². The Balaban J connectivity index is 1.79. The van der Waals surface area contributed by atoms with Crippen molar-refractivity contribution in [2.75, 3.05) is 6.61 Å². The third-order valence-electron chi connectivity index (χ3n) is 2.91. The van der Waals surface area contributed by atoms with Gasteiger partial charge in [-0.25, -0.2) is 10.2 Å². The fraction of sp³-hybridized carbons (Fsp3) is 0.0588. The molecule has 0 aliphatic carbocycles. The zero-order valence-electron chi connectivity index (χ0n) is 12.5. The highest BCUT2D eigenvalue weighted by Gasteiger charge is 2.02. The number of carbonyl (C=O) groups is 2. The number of aromatic carboxylic acids is 1. The molecule has 2 rings (SSSR count). The Morgan fingerprint density at radius 1 is 1.17 bits per heavy atom. The lowest BCUT2D eigenvalue weighted by Gasteiger charge is -2.04. The summed E-state index contributed by atoms with van der Waals surface area (Å²) in [6.45, 7) is -0.221. The summed E-state index contributed by atoms with van der Waals surface area (Å²) >= 11 is 0. The molecule has 0 aromatic heterocycles. The number of hydrogen-bond donors (Lipinski definition) is 2. The zero-order chi connectivity index (χ0) is 17.4. The van der Waals surface area contributed by atoms with Gasteiger partial charge in [-0.2, -0.15) is 10.4 Å². The van der Waals surface area contributed by atoms with Crippen LogP contribution in [0.25, 0.3) is 0 Å². The van der Waals surface area contributed by atoms with Crippen LogP contribution in [-0.4, -0.2) is 29.8 Å². The van der Waals surface area contributed by atoms with Crippen LogP contribution in [-0.2, 0) is 4.79 Å². The number of benzene rings is 2. The molecule has 2 N–H and O–H groups in total. The van der Waals surface area contributed by atoms with Crippen molar-refractivity contribution in [1.29, 1.82) is 5.26 Å². The highest BCUT2D eigenvalue weighted by molar-refractivity contribution is 5.89. The second kappa shape index (κ2) is 8.10. The number of nitrogens with zero attached hydrogens (tertiary/aromatic N) is 2. The average Bonchev–Trinajstić information content (AvgIpc) is 2.61. The van der Waals surface area contributed by atoms with Crippen molar-refractivity contribution in [3.05, 3.63) is 65.2 Å². The Morgan fingerprint density at radius 2 is 1.83 bits per heavy atom. The molecule has 0 saturated heterocycles.